The van der Waals surface area contributed by atoms with Gasteiger partial charge in [0.1, 0.15) is 11.8 Å². The zero-order valence-electron chi connectivity index (χ0n) is 10.7. The van der Waals surface area contributed by atoms with Crippen molar-refractivity contribution in [3.05, 3.63) is 17.5 Å². The average Bonchev–Trinajstić information content (AvgIpc) is 2.60. The van der Waals surface area contributed by atoms with E-state index >= 15 is 0 Å². The van der Waals surface area contributed by atoms with Gasteiger partial charge in [0.2, 0.25) is 0 Å². The molecule has 0 aliphatic carbocycles. The first-order valence-corrected chi connectivity index (χ1v) is 5.64. The van der Waals surface area contributed by atoms with E-state index in [4.69, 9.17) is 11.2 Å². The normalized spacial score (nSPS) is 12.2. The molecular formula is C13H18N2O2. The SMILES string of the molecule is C#CCC(C)OC(=O)c1cc(C(C)C)nn1C. The van der Waals surface area contributed by atoms with Gasteiger partial charge in [0.05, 0.1) is 5.69 Å². The lowest BCUT2D eigenvalue weighted by atomic mass is 10.1. The highest BCUT2D eigenvalue weighted by atomic mass is 16.5. The largest absolute Gasteiger partial charge is 0.457 e. The Hall–Kier alpha value is -1.76. The molecule has 0 spiro atoms. The van der Waals surface area contributed by atoms with Crippen molar-refractivity contribution in [2.45, 2.75) is 39.2 Å². The molecule has 0 amide bonds. The molecule has 0 aliphatic heterocycles. The van der Waals surface area contributed by atoms with Crippen LogP contribution in [0.25, 0.3) is 0 Å². The number of carbonyl (C=O) groups excluding carboxylic acids is 1. The first-order chi connectivity index (χ1) is 7.95. The predicted octanol–water partition coefficient (Wildman–Crippen LogP) is 2.11. The van der Waals surface area contributed by atoms with Crippen molar-refractivity contribution in [1.29, 1.82) is 0 Å². The summed E-state index contributed by atoms with van der Waals surface area (Å²) in [4.78, 5) is 11.8. The van der Waals surface area contributed by atoms with Crippen LogP contribution in [0.2, 0.25) is 0 Å². The molecule has 0 aromatic carbocycles. The minimum absolute atomic E-state index is 0.273. The Balaban J connectivity index is 2.79. The van der Waals surface area contributed by atoms with Crippen LogP contribution in [0, 0.1) is 12.3 Å². The van der Waals surface area contributed by atoms with Crippen LogP contribution in [-0.2, 0) is 11.8 Å². The van der Waals surface area contributed by atoms with Crippen LogP contribution >= 0.6 is 0 Å². The van der Waals surface area contributed by atoms with Gasteiger partial charge in [-0.15, -0.1) is 12.3 Å². The van der Waals surface area contributed by atoms with Crippen LogP contribution in [0.5, 0.6) is 0 Å². The molecule has 0 bridgehead atoms. The average molecular weight is 234 g/mol. The Labute approximate surface area is 102 Å². The van der Waals surface area contributed by atoms with Gasteiger partial charge in [0.15, 0.2) is 0 Å². The summed E-state index contributed by atoms with van der Waals surface area (Å²) in [5.41, 5.74) is 1.33. The molecule has 4 nitrogen and oxygen atoms in total. The third-order valence-corrected chi connectivity index (χ3v) is 2.41. The molecular weight excluding hydrogens is 216 g/mol. The maximum atomic E-state index is 11.8. The van der Waals surface area contributed by atoms with Crippen molar-refractivity contribution in [2.24, 2.45) is 7.05 Å². The first kappa shape index (κ1) is 13.3. The number of rotatable bonds is 4. The predicted molar refractivity (Wildman–Crippen MR) is 65.6 cm³/mol. The molecule has 92 valence electrons. The van der Waals surface area contributed by atoms with E-state index in [1.807, 2.05) is 13.8 Å². The maximum absolute atomic E-state index is 11.8. The number of aryl methyl sites for hydroxylation is 1. The summed E-state index contributed by atoms with van der Waals surface area (Å²) < 4.78 is 6.75. The number of hydrogen-bond donors (Lipinski definition) is 0. The quantitative estimate of drug-likeness (QED) is 0.592. The number of carbonyl (C=O) groups is 1. The molecule has 1 rings (SSSR count). The minimum atomic E-state index is -0.380. The summed E-state index contributed by atoms with van der Waals surface area (Å²) in [5, 5.41) is 4.26. The lowest BCUT2D eigenvalue weighted by molar-refractivity contribution is 0.0339. The zero-order valence-corrected chi connectivity index (χ0v) is 10.7. The third-order valence-electron chi connectivity index (χ3n) is 2.41. The highest BCUT2D eigenvalue weighted by Crippen LogP contribution is 2.15. The summed E-state index contributed by atoms with van der Waals surface area (Å²) in [5.74, 6) is 2.37. The second-order valence-corrected chi connectivity index (χ2v) is 4.36. The van der Waals surface area contributed by atoms with Crippen molar-refractivity contribution in [1.82, 2.24) is 9.78 Å². The van der Waals surface area contributed by atoms with Gasteiger partial charge in [-0.1, -0.05) is 13.8 Å². The molecule has 0 aliphatic rings. The smallest absolute Gasteiger partial charge is 0.356 e. The van der Waals surface area contributed by atoms with Crippen LogP contribution in [0.1, 0.15) is 49.3 Å². The molecule has 0 N–H and O–H groups in total. The Morgan fingerprint density at radius 2 is 2.24 bits per heavy atom. The molecule has 1 heterocycles. The van der Waals surface area contributed by atoms with Gasteiger partial charge in [0.25, 0.3) is 0 Å². The number of nitrogens with zero attached hydrogens (tertiary/aromatic N) is 2. The molecule has 1 aromatic heterocycles. The van der Waals surface area contributed by atoms with Crippen LogP contribution in [0.3, 0.4) is 0 Å². The van der Waals surface area contributed by atoms with E-state index in [9.17, 15) is 4.79 Å². The summed E-state index contributed by atoms with van der Waals surface area (Å²) in [6.07, 6.45) is 5.30. The van der Waals surface area contributed by atoms with Crippen LogP contribution in [0.4, 0.5) is 0 Å². The lowest BCUT2D eigenvalue weighted by Crippen LogP contribution is -2.17. The van der Waals surface area contributed by atoms with Crippen molar-refractivity contribution in [3.63, 3.8) is 0 Å². The van der Waals surface area contributed by atoms with Gasteiger partial charge in [-0.25, -0.2) is 4.79 Å². The Morgan fingerprint density at radius 1 is 1.59 bits per heavy atom. The summed E-state index contributed by atoms with van der Waals surface area (Å²) >= 11 is 0. The van der Waals surface area contributed by atoms with Crippen molar-refractivity contribution in [3.8, 4) is 12.3 Å². The molecule has 0 radical (unpaired) electrons. The second-order valence-electron chi connectivity index (χ2n) is 4.36. The Bertz CT molecular complexity index is 441. The summed E-state index contributed by atoms with van der Waals surface area (Å²) in [7, 11) is 1.73. The van der Waals surface area contributed by atoms with Crippen LogP contribution < -0.4 is 0 Å². The highest BCUT2D eigenvalue weighted by molar-refractivity contribution is 5.87. The standard InChI is InChI=1S/C13H18N2O2/c1-6-7-10(4)17-13(16)12-8-11(9(2)3)14-15(12)5/h1,8-10H,7H2,2-5H3. The number of esters is 1. The zero-order chi connectivity index (χ0) is 13.0. The van der Waals surface area contributed by atoms with E-state index in [0.717, 1.165) is 5.69 Å². The number of ether oxygens (including phenoxy) is 1. The minimum Gasteiger partial charge on any atom is -0.457 e. The highest BCUT2D eigenvalue weighted by Gasteiger charge is 2.18. The van der Waals surface area contributed by atoms with Gasteiger partial charge in [-0.3, -0.25) is 4.68 Å². The van der Waals surface area contributed by atoms with Gasteiger partial charge in [-0.05, 0) is 18.9 Å². The number of terminal acetylenes is 1. The van der Waals surface area contributed by atoms with E-state index in [1.54, 1.807) is 24.7 Å². The number of hydrogen-bond acceptors (Lipinski definition) is 3. The second kappa shape index (κ2) is 5.53. The summed E-state index contributed by atoms with van der Waals surface area (Å²) in [6, 6.07) is 1.76. The van der Waals surface area contributed by atoms with E-state index < -0.39 is 0 Å². The van der Waals surface area contributed by atoms with E-state index in [2.05, 4.69) is 11.0 Å². The van der Waals surface area contributed by atoms with E-state index in [1.165, 1.54) is 0 Å². The Morgan fingerprint density at radius 3 is 2.71 bits per heavy atom. The van der Waals surface area contributed by atoms with Crippen molar-refractivity contribution >= 4 is 5.97 Å². The molecule has 1 unspecified atom stereocenters. The first-order valence-electron chi connectivity index (χ1n) is 5.64. The van der Waals surface area contributed by atoms with Crippen LogP contribution in [-0.4, -0.2) is 21.9 Å². The fourth-order valence-corrected chi connectivity index (χ4v) is 1.41. The van der Waals surface area contributed by atoms with Gasteiger partial charge in [0, 0.05) is 13.5 Å². The lowest BCUT2D eigenvalue weighted by Gasteiger charge is -2.09. The van der Waals surface area contributed by atoms with E-state index in [0.29, 0.717) is 12.1 Å². The third kappa shape index (κ3) is 3.35. The number of aromatic nitrogens is 2. The van der Waals surface area contributed by atoms with Crippen LogP contribution in [0.15, 0.2) is 6.07 Å². The molecule has 0 saturated heterocycles. The molecule has 0 fully saturated rings. The summed E-state index contributed by atoms with van der Waals surface area (Å²) in [6.45, 7) is 5.83. The molecule has 4 heteroatoms. The fraction of sp³-hybridized carbons (Fsp3) is 0.538. The Kier molecular flexibility index (Phi) is 4.33. The van der Waals surface area contributed by atoms with E-state index in [-0.39, 0.29) is 18.0 Å². The molecule has 1 atom stereocenters. The van der Waals surface area contributed by atoms with Gasteiger partial charge in [-0.2, -0.15) is 5.10 Å². The molecule has 0 saturated carbocycles. The fourth-order valence-electron chi connectivity index (χ4n) is 1.41. The topological polar surface area (TPSA) is 44.1 Å². The van der Waals surface area contributed by atoms with Gasteiger partial charge < -0.3 is 4.74 Å². The maximum Gasteiger partial charge on any atom is 0.356 e. The monoisotopic (exact) mass is 234 g/mol. The van der Waals surface area contributed by atoms with Crippen molar-refractivity contribution in [2.75, 3.05) is 0 Å². The van der Waals surface area contributed by atoms with Crippen molar-refractivity contribution < 1.29 is 9.53 Å². The molecule has 1 aromatic rings. The molecule has 17 heavy (non-hydrogen) atoms. The van der Waals surface area contributed by atoms with Gasteiger partial charge >= 0.3 is 5.97 Å².